The van der Waals surface area contributed by atoms with E-state index in [0.29, 0.717) is 10.0 Å². The summed E-state index contributed by atoms with van der Waals surface area (Å²) in [5, 5.41) is 20.9. The fraction of sp³-hybridized carbons (Fsp3) is 0.143. The largest absolute Gasteiger partial charge is 0.573 e. The van der Waals surface area contributed by atoms with Gasteiger partial charge in [0.1, 0.15) is 5.75 Å². The minimum absolute atomic E-state index is 0.0561. The molecule has 0 amide bonds. The molecule has 0 aliphatic heterocycles. The lowest BCUT2D eigenvalue weighted by Crippen LogP contribution is -2.17. The van der Waals surface area contributed by atoms with Gasteiger partial charge in [0.05, 0.1) is 11.0 Å². The van der Waals surface area contributed by atoms with E-state index in [1.54, 1.807) is 0 Å². The molecule has 0 heterocycles. The molecule has 0 bridgehead atoms. The van der Waals surface area contributed by atoms with Crippen LogP contribution in [0.3, 0.4) is 0 Å². The number of nitrogens with zero attached hydrogens (tertiary/aromatic N) is 1. The molecule has 1 atom stereocenters. The quantitative estimate of drug-likeness (QED) is 0.590. The van der Waals surface area contributed by atoms with Crippen LogP contribution >= 0.6 is 15.9 Å². The van der Waals surface area contributed by atoms with Crippen LogP contribution in [0.15, 0.2) is 40.9 Å². The molecular formula is C14H10BrF3N2O4. The molecule has 6 nitrogen and oxygen atoms in total. The Balaban J connectivity index is 2.35. The van der Waals surface area contributed by atoms with Crippen LogP contribution in [0.4, 0.5) is 18.9 Å². The minimum atomic E-state index is -4.81. The van der Waals surface area contributed by atoms with Crippen molar-refractivity contribution in [1.29, 1.82) is 0 Å². The topological polar surface area (TPSA) is 98.6 Å². The second kappa shape index (κ2) is 6.65. The van der Waals surface area contributed by atoms with E-state index in [1.807, 2.05) is 0 Å². The third-order valence-electron chi connectivity index (χ3n) is 3.09. The van der Waals surface area contributed by atoms with Crippen LogP contribution in [0.5, 0.6) is 11.5 Å². The summed E-state index contributed by atoms with van der Waals surface area (Å²) in [4.78, 5) is 10.2. The molecule has 2 rings (SSSR count). The molecule has 0 saturated heterocycles. The van der Waals surface area contributed by atoms with Gasteiger partial charge in [-0.3, -0.25) is 10.1 Å². The highest BCUT2D eigenvalue weighted by Crippen LogP contribution is 2.38. The van der Waals surface area contributed by atoms with E-state index in [4.69, 9.17) is 5.73 Å². The van der Waals surface area contributed by atoms with Gasteiger partial charge in [0, 0.05) is 16.1 Å². The van der Waals surface area contributed by atoms with Crippen molar-refractivity contribution < 1.29 is 27.9 Å². The third-order valence-corrected chi connectivity index (χ3v) is 3.55. The number of hydrogen-bond acceptors (Lipinski definition) is 5. The Morgan fingerprint density at radius 2 is 1.83 bits per heavy atom. The number of nitro benzene ring substituents is 1. The zero-order chi connectivity index (χ0) is 18.1. The second-order valence-corrected chi connectivity index (χ2v) is 5.63. The highest BCUT2D eigenvalue weighted by atomic mass is 79.9. The molecule has 0 aromatic heterocycles. The van der Waals surface area contributed by atoms with Crippen LogP contribution < -0.4 is 10.5 Å². The first kappa shape index (κ1) is 18.0. The number of nitrogens with two attached hydrogens (primary N) is 1. The van der Waals surface area contributed by atoms with Crippen LogP contribution in [-0.2, 0) is 0 Å². The summed E-state index contributed by atoms with van der Waals surface area (Å²) in [5.41, 5.74) is 5.83. The number of rotatable bonds is 4. The molecule has 128 valence electrons. The molecule has 10 heteroatoms. The standard InChI is InChI=1S/C14H10BrF3N2O4/c15-8-5-10(13(21)11(6-8)20(22)23)12(19)7-1-3-9(4-2-7)24-14(16,17)18/h1-6,12,21H,19H2/t12-/m0/s1. The molecule has 0 radical (unpaired) electrons. The van der Waals surface area contributed by atoms with Gasteiger partial charge in [-0.25, -0.2) is 0 Å². The fourth-order valence-electron chi connectivity index (χ4n) is 2.04. The summed E-state index contributed by atoms with van der Waals surface area (Å²) in [5.74, 6) is -1.03. The van der Waals surface area contributed by atoms with Crippen LogP contribution in [0.2, 0.25) is 0 Å². The monoisotopic (exact) mass is 406 g/mol. The average Bonchev–Trinajstić information content (AvgIpc) is 2.47. The summed E-state index contributed by atoms with van der Waals surface area (Å²) in [6, 6.07) is 6.20. The summed E-state index contributed by atoms with van der Waals surface area (Å²) in [6.07, 6.45) is -4.81. The van der Waals surface area contributed by atoms with E-state index in [1.165, 1.54) is 18.2 Å². The molecule has 0 fully saturated rings. The van der Waals surface area contributed by atoms with Gasteiger partial charge in [-0.05, 0) is 23.8 Å². The van der Waals surface area contributed by atoms with E-state index < -0.39 is 34.5 Å². The van der Waals surface area contributed by atoms with Gasteiger partial charge in [0.2, 0.25) is 0 Å². The Labute approximate surface area is 141 Å². The predicted molar refractivity (Wildman–Crippen MR) is 81.6 cm³/mol. The van der Waals surface area contributed by atoms with E-state index in [9.17, 15) is 28.4 Å². The zero-order valence-electron chi connectivity index (χ0n) is 11.7. The van der Waals surface area contributed by atoms with Crippen molar-refractivity contribution in [2.75, 3.05) is 0 Å². The number of halogens is 4. The van der Waals surface area contributed by atoms with Crippen molar-refractivity contribution in [2.24, 2.45) is 5.73 Å². The van der Waals surface area contributed by atoms with Gasteiger partial charge < -0.3 is 15.6 Å². The summed E-state index contributed by atoms with van der Waals surface area (Å²) in [7, 11) is 0. The number of hydrogen-bond donors (Lipinski definition) is 2. The van der Waals surface area contributed by atoms with Gasteiger partial charge >= 0.3 is 12.0 Å². The van der Waals surface area contributed by atoms with Crippen LogP contribution in [0, 0.1) is 10.1 Å². The third kappa shape index (κ3) is 4.15. The number of phenols is 1. The lowest BCUT2D eigenvalue weighted by Gasteiger charge is -2.15. The van der Waals surface area contributed by atoms with Gasteiger partial charge in [-0.15, -0.1) is 13.2 Å². The van der Waals surface area contributed by atoms with E-state index in [-0.39, 0.29) is 5.56 Å². The van der Waals surface area contributed by atoms with Crippen molar-refractivity contribution in [3.8, 4) is 11.5 Å². The second-order valence-electron chi connectivity index (χ2n) is 4.71. The Morgan fingerprint density at radius 3 is 2.33 bits per heavy atom. The maximum atomic E-state index is 12.1. The van der Waals surface area contributed by atoms with Crippen molar-refractivity contribution >= 4 is 21.6 Å². The predicted octanol–water partition coefficient (Wildman–Crippen LogP) is 4.01. The molecule has 0 spiro atoms. The average molecular weight is 407 g/mol. The molecule has 24 heavy (non-hydrogen) atoms. The molecule has 0 unspecified atom stereocenters. The van der Waals surface area contributed by atoms with Crippen LogP contribution in [0.1, 0.15) is 17.2 Å². The maximum Gasteiger partial charge on any atom is 0.573 e. The molecule has 0 saturated carbocycles. The number of ether oxygens (including phenoxy) is 1. The first-order valence-corrected chi connectivity index (χ1v) is 7.16. The first-order chi connectivity index (χ1) is 11.1. The van der Waals surface area contributed by atoms with Gasteiger partial charge in [0.15, 0.2) is 5.75 Å². The maximum absolute atomic E-state index is 12.1. The number of aromatic hydroxyl groups is 1. The van der Waals surface area contributed by atoms with Crippen molar-refractivity contribution in [3.05, 3.63) is 62.1 Å². The van der Waals surface area contributed by atoms with Gasteiger partial charge in [-0.1, -0.05) is 28.1 Å². The van der Waals surface area contributed by atoms with Gasteiger partial charge in [0.25, 0.3) is 0 Å². The summed E-state index contributed by atoms with van der Waals surface area (Å²) >= 11 is 3.08. The summed E-state index contributed by atoms with van der Waals surface area (Å²) in [6.45, 7) is 0. The number of benzene rings is 2. The molecule has 2 aromatic rings. The molecule has 2 aromatic carbocycles. The first-order valence-electron chi connectivity index (χ1n) is 6.36. The highest BCUT2D eigenvalue weighted by Gasteiger charge is 2.31. The summed E-state index contributed by atoms with van der Waals surface area (Å²) < 4.78 is 40.5. The Hall–Kier alpha value is -2.33. The molecule has 0 aliphatic carbocycles. The van der Waals surface area contributed by atoms with Crippen LogP contribution in [-0.4, -0.2) is 16.4 Å². The zero-order valence-corrected chi connectivity index (χ0v) is 13.3. The highest BCUT2D eigenvalue weighted by molar-refractivity contribution is 9.10. The number of phenolic OH excluding ortho intramolecular Hbond substituents is 1. The van der Waals surface area contributed by atoms with Crippen molar-refractivity contribution in [1.82, 2.24) is 0 Å². The van der Waals surface area contributed by atoms with Crippen molar-refractivity contribution in [2.45, 2.75) is 12.4 Å². The number of alkyl halides is 3. The fourth-order valence-corrected chi connectivity index (χ4v) is 2.50. The lowest BCUT2D eigenvalue weighted by molar-refractivity contribution is -0.386. The number of nitro groups is 1. The molecule has 0 aliphatic rings. The minimum Gasteiger partial charge on any atom is -0.502 e. The van der Waals surface area contributed by atoms with Crippen LogP contribution in [0.25, 0.3) is 0 Å². The van der Waals surface area contributed by atoms with E-state index in [2.05, 4.69) is 20.7 Å². The SMILES string of the molecule is N[C@@H](c1ccc(OC(F)(F)F)cc1)c1cc(Br)cc([N+](=O)[O-])c1O. The van der Waals surface area contributed by atoms with E-state index in [0.717, 1.165) is 18.2 Å². The van der Waals surface area contributed by atoms with Gasteiger partial charge in [-0.2, -0.15) is 0 Å². The smallest absolute Gasteiger partial charge is 0.502 e. The normalized spacial score (nSPS) is 12.7. The lowest BCUT2D eigenvalue weighted by atomic mass is 9.98. The molecular weight excluding hydrogens is 397 g/mol. The molecule has 3 N–H and O–H groups in total. The van der Waals surface area contributed by atoms with Crippen molar-refractivity contribution in [3.63, 3.8) is 0 Å². The Bertz CT molecular complexity index is 766. The Morgan fingerprint density at radius 1 is 1.25 bits per heavy atom. The van der Waals surface area contributed by atoms with E-state index >= 15 is 0 Å². The Kier molecular flexibility index (Phi) is 4.99.